The number of unbranched alkanes of at least 4 members (excludes halogenated alkanes) is 1. The van der Waals surface area contributed by atoms with E-state index in [0.717, 1.165) is 64.4 Å². The van der Waals surface area contributed by atoms with Gasteiger partial charge in [0.15, 0.2) is 5.96 Å². The summed E-state index contributed by atoms with van der Waals surface area (Å²) < 4.78 is 0. The molecule has 1 aromatic heterocycles. The number of nitrogens with two attached hydrogens (primary N) is 1. The van der Waals surface area contributed by atoms with Gasteiger partial charge in [-0.2, -0.15) is 0 Å². The molecule has 2 fully saturated rings. The van der Waals surface area contributed by atoms with Crippen LogP contribution in [0.4, 0.5) is 0 Å². The summed E-state index contributed by atoms with van der Waals surface area (Å²) in [6, 6.07) is 4.93. The Balaban J connectivity index is 1.33. The zero-order chi connectivity index (χ0) is 22.1. The molecule has 174 valence electrons. The van der Waals surface area contributed by atoms with E-state index in [1.165, 1.54) is 24.3 Å². The monoisotopic (exact) mass is 448 g/mol. The largest absolute Gasteiger partial charge is 0.369 e. The third-order valence-corrected chi connectivity index (χ3v) is 7.72. The summed E-state index contributed by atoms with van der Waals surface area (Å²) in [4.78, 5) is 22.1. The molecule has 2 unspecified atom stereocenters. The number of nitrogens with zero attached hydrogens (tertiary/aromatic N) is 3. The summed E-state index contributed by atoms with van der Waals surface area (Å²) in [5, 5.41) is 9.23. The molecule has 7 nitrogen and oxygen atoms in total. The lowest BCUT2D eigenvalue weighted by atomic mass is 9.88. The highest BCUT2D eigenvalue weighted by Crippen LogP contribution is 2.36. The summed E-state index contributed by atoms with van der Waals surface area (Å²) >= 11 is 1.87. The molecule has 3 rings (SSSR count). The number of carbonyl (C=O) groups excluding carboxylic acids is 1. The highest BCUT2D eigenvalue weighted by Gasteiger charge is 2.31. The van der Waals surface area contributed by atoms with Gasteiger partial charge in [-0.05, 0) is 89.1 Å². The molecule has 0 saturated carbocycles. The van der Waals surface area contributed by atoms with Gasteiger partial charge in [0, 0.05) is 37.0 Å². The van der Waals surface area contributed by atoms with E-state index < -0.39 is 0 Å². The van der Waals surface area contributed by atoms with Crippen LogP contribution in [-0.2, 0) is 4.79 Å². The van der Waals surface area contributed by atoms with Gasteiger partial charge in [0.2, 0.25) is 5.91 Å². The number of primary amides is 1. The molecule has 2 saturated heterocycles. The zero-order valence-electron chi connectivity index (χ0n) is 19.2. The fraction of sp³-hybridized carbons (Fsp3) is 0.739. The van der Waals surface area contributed by atoms with Gasteiger partial charge in [0.25, 0.3) is 0 Å². The summed E-state index contributed by atoms with van der Waals surface area (Å²) in [5.41, 5.74) is 5.42. The Kier molecular flexibility index (Phi) is 9.61. The van der Waals surface area contributed by atoms with Crippen LogP contribution in [0.25, 0.3) is 0 Å². The number of hydrogen-bond donors (Lipinski definition) is 3. The van der Waals surface area contributed by atoms with Crippen LogP contribution in [0.3, 0.4) is 0 Å². The van der Waals surface area contributed by atoms with Crippen LogP contribution in [0.5, 0.6) is 0 Å². The highest BCUT2D eigenvalue weighted by atomic mass is 32.1. The van der Waals surface area contributed by atoms with Gasteiger partial charge in [0.05, 0.1) is 0 Å². The SMILES string of the molecule is CN=C(NCCCCN1CCC(C(N)=O)CC1)NCC1CCCN(C)C1c1cccs1. The summed E-state index contributed by atoms with van der Waals surface area (Å²) in [5.74, 6) is 1.44. The minimum Gasteiger partial charge on any atom is -0.369 e. The predicted octanol–water partition coefficient (Wildman–Crippen LogP) is 2.27. The lowest BCUT2D eigenvalue weighted by Gasteiger charge is -2.39. The molecule has 31 heavy (non-hydrogen) atoms. The molecular weight excluding hydrogens is 408 g/mol. The first-order valence-corrected chi connectivity index (χ1v) is 12.7. The Bertz CT molecular complexity index is 686. The maximum absolute atomic E-state index is 11.3. The van der Waals surface area contributed by atoms with Crippen molar-refractivity contribution in [1.29, 1.82) is 0 Å². The van der Waals surface area contributed by atoms with Gasteiger partial charge in [-0.15, -0.1) is 11.3 Å². The van der Waals surface area contributed by atoms with Crippen LogP contribution in [0.15, 0.2) is 22.5 Å². The van der Waals surface area contributed by atoms with E-state index in [4.69, 9.17) is 5.73 Å². The third-order valence-electron chi connectivity index (χ3n) is 6.78. The maximum atomic E-state index is 11.3. The molecular formula is C23H40N6OS. The van der Waals surface area contributed by atoms with Crippen LogP contribution in [0.1, 0.15) is 49.4 Å². The quantitative estimate of drug-likeness (QED) is 0.307. The fourth-order valence-electron chi connectivity index (χ4n) is 4.94. The van der Waals surface area contributed by atoms with Crippen molar-refractivity contribution in [3.8, 4) is 0 Å². The van der Waals surface area contributed by atoms with Crippen LogP contribution in [0, 0.1) is 11.8 Å². The van der Waals surface area contributed by atoms with Crippen molar-refractivity contribution < 1.29 is 4.79 Å². The van der Waals surface area contributed by atoms with E-state index in [0.29, 0.717) is 12.0 Å². The number of amides is 1. The molecule has 1 amide bonds. The molecule has 0 radical (unpaired) electrons. The lowest BCUT2D eigenvalue weighted by molar-refractivity contribution is -0.123. The van der Waals surface area contributed by atoms with E-state index in [1.807, 2.05) is 18.4 Å². The molecule has 0 aromatic carbocycles. The van der Waals surface area contributed by atoms with Crippen LogP contribution in [0.2, 0.25) is 0 Å². The van der Waals surface area contributed by atoms with Gasteiger partial charge in [-0.25, -0.2) is 0 Å². The Hall–Kier alpha value is -1.64. The van der Waals surface area contributed by atoms with Crippen molar-refractivity contribution in [1.82, 2.24) is 20.4 Å². The number of nitrogens with one attached hydrogen (secondary N) is 2. The number of thiophene rings is 1. The molecule has 3 heterocycles. The first-order chi connectivity index (χ1) is 15.1. The van der Waals surface area contributed by atoms with E-state index in [9.17, 15) is 4.79 Å². The highest BCUT2D eigenvalue weighted by molar-refractivity contribution is 7.10. The van der Waals surface area contributed by atoms with Crippen molar-refractivity contribution in [2.45, 2.75) is 44.6 Å². The molecule has 1 aromatic rings. The number of piperidine rings is 2. The standard InChI is InChI=1S/C23H40N6OS/c1-25-23(26-11-3-4-13-29-14-9-18(10-15-29)22(24)30)27-17-19-7-5-12-28(2)21(19)20-8-6-16-31-20/h6,8,16,18-19,21H,3-5,7,9-15,17H2,1-2H3,(H2,24,30)(H2,25,26,27). The average Bonchev–Trinajstić information content (AvgIpc) is 3.30. The second kappa shape index (κ2) is 12.4. The lowest BCUT2D eigenvalue weighted by Crippen LogP contribution is -2.45. The smallest absolute Gasteiger partial charge is 0.220 e. The topological polar surface area (TPSA) is 86.0 Å². The first kappa shape index (κ1) is 24.0. The molecule has 0 aliphatic carbocycles. The van der Waals surface area contributed by atoms with Crippen molar-refractivity contribution in [2.24, 2.45) is 22.6 Å². The molecule has 2 atom stereocenters. The number of aliphatic imine (C=N–C) groups is 1. The number of rotatable bonds is 9. The number of guanidine groups is 1. The predicted molar refractivity (Wildman–Crippen MR) is 129 cm³/mol. The van der Waals surface area contributed by atoms with Crippen molar-refractivity contribution >= 4 is 23.2 Å². The minimum atomic E-state index is -0.135. The average molecular weight is 449 g/mol. The van der Waals surface area contributed by atoms with Crippen LogP contribution < -0.4 is 16.4 Å². The van der Waals surface area contributed by atoms with Crippen molar-refractivity contribution in [3.63, 3.8) is 0 Å². The van der Waals surface area contributed by atoms with E-state index in [-0.39, 0.29) is 11.8 Å². The van der Waals surface area contributed by atoms with E-state index in [1.54, 1.807) is 0 Å². The van der Waals surface area contributed by atoms with Gasteiger partial charge in [-0.3, -0.25) is 14.7 Å². The second-order valence-electron chi connectivity index (χ2n) is 8.95. The summed E-state index contributed by atoms with van der Waals surface area (Å²) in [7, 11) is 4.10. The van der Waals surface area contributed by atoms with Crippen LogP contribution in [-0.4, -0.2) is 75.0 Å². The van der Waals surface area contributed by atoms with Crippen LogP contribution >= 0.6 is 11.3 Å². The van der Waals surface area contributed by atoms with Gasteiger partial charge in [-0.1, -0.05) is 6.07 Å². The van der Waals surface area contributed by atoms with Gasteiger partial charge in [0.1, 0.15) is 0 Å². The zero-order valence-corrected chi connectivity index (χ0v) is 20.0. The van der Waals surface area contributed by atoms with Gasteiger partial charge < -0.3 is 21.3 Å². The molecule has 0 bridgehead atoms. The molecule has 2 aliphatic rings. The Morgan fingerprint density at radius 2 is 2.03 bits per heavy atom. The summed E-state index contributed by atoms with van der Waals surface area (Å²) in [6.45, 7) is 6.12. The number of likely N-dealkylation sites (tertiary alicyclic amines) is 2. The Labute approximate surface area is 191 Å². The molecule has 8 heteroatoms. The fourth-order valence-corrected chi connectivity index (χ4v) is 5.92. The minimum absolute atomic E-state index is 0.0793. The van der Waals surface area contributed by atoms with Crippen molar-refractivity contribution in [3.05, 3.63) is 22.4 Å². The maximum Gasteiger partial charge on any atom is 0.220 e. The Morgan fingerprint density at radius 1 is 1.23 bits per heavy atom. The molecule has 2 aliphatic heterocycles. The van der Waals surface area contributed by atoms with E-state index in [2.05, 4.69) is 50.0 Å². The van der Waals surface area contributed by atoms with Crippen molar-refractivity contribution in [2.75, 3.05) is 53.4 Å². The number of hydrogen-bond acceptors (Lipinski definition) is 5. The second-order valence-corrected chi connectivity index (χ2v) is 9.93. The Morgan fingerprint density at radius 3 is 2.71 bits per heavy atom. The molecule has 4 N–H and O–H groups in total. The molecule has 0 spiro atoms. The van der Waals surface area contributed by atoms with Gasteiger partial charge >= 0.3 is 0 Å². The summed E-state index contributed by atoms with van der Waals surface area (Å²) in [6.07, 6.45) is 6.59. The third kappa shape index (κ3) is 7.19. The number of carbonyl (C=O) groups is 1. The van der Waals surface area contributed by atoms with E-state index >= 15 is 0 Å². The normalized spacial score (nSPS) is 24.3. The first-order valence-electron chi connectivity index (χ1n) is 11.8.